The van der Waals surface area contributed by atoms with Crippen LogP contribution in [0.25, 0.3) is 0 Å². The van der Waals surface area contributed by atoms with Gasteiger partial charge in [-0.05, 0) is 6.42 Å². The molecule has 92 valence electrons. The van der Waals surface area contributed by atoms with Crippen LogP contribution in [0.2, 0.25) is 0 Å². The van der Waals surface area contributed by atoms with E-state index in [-0.39, 0.29) is 6.04 Å². The predicted octanol–water partition coefficient (Wildman–Crippen LogP) is 0.571. The molecule has 0 saturated heterocycles. The Labute approximate surface area is 99.9 Å². The molecule has 0 aromatic carbocycles. The lowest BCUT2D eigenvalue weighted by atomic mass is 10.1. The molecule has 1 aromatic rings. The van der Waals surface area contributed by atoms with Gasteiger partial charge in [0.2, 0.25) is 0 Å². The van der Waals surface area contributed by atoms with Gasteiger partial charge in [-0.3, -0.25) is 11.3 Å². The first-order chi connectivity index (χ1) is 7.86. The molecule has 0 amide bonds. The summed E-state index contributed by atoms with van der Waals surface area (Å²) >= 11 is 1.65. The van der Waals surface area contributed by atoms with Gasteiger partial charge in [-0.1, -0.05) is 0 Å². The fraction of sp³-hybridized carbons (Fsp3) is 0.700. The summed E-state index contributed by atoms with van der Waals surface area (Å²) in [6.07, 6.45) is 3.53. The molecule has 0 spiro atoms. The van der Waals surface area contributed by atoms with Gasteiger partial charge in [0, 0.05) is 37.8 Å². The first kappa shape index (κ1) is 13.5. The molecular formula is C10H19N3O2S. The molecule has 0 aliphatic heterocycles. The quantitative estimate of drug-likeness (QED) is 0.378. The van der Waals surface area contributed by atoms with Crippen LogP contribution in [0.3, 0.4) is 0 Å². The maximum absolute atomic E-state index is 5.48. The van der Waals surface area contributed by atoms with Crippen molar-refractivity contribution in [1.82, 2.24) is 10.4 Å². The molecule has 0 radical (unpaired) electrons. The maximum Gasteiger partial charge on any atom is 0.0940 e. The summed E-state index contributed by atoms with van der Waals surface area (Å²) in [4.78, 5) is 4.22. The lowest BCUT2D eigenvalue weighted by Crippen LogP contribution is -2.37. The van der Waals surface area contributed by atoms with E-state index in [0.29, 0.717) is 19.8 Å². The number of aromatic nitrogens is 1. The number of methoxy groups -OCH3 is 1. The van der Waals surface area contributed by atoms with Gasteiger partial charge in [0.15, 0.2) is 0 Å². The van der Waals surface area contributed by atoms with Crippen LogP contribution in [0.1, 0.15) is 11.4 Å². The molecule has 6 heteroatoms. The van der Waals surface area contributed by atoms with E-state index < -0.39 is 0 Å². The van der Waals surface area contributed by atoms with Gasteiger partial charge in [0.1, 0.15) is 0 Å². The number of hydrazine groups is 1. The number of ether oxygens (including phenoxy) is 2. The summed E-state index contributed by atoms with van der Waals surface area (Å²) in [5.41, 5.74) is 2.79. The Balaban J connectivity index is 2.12. The van der Waals surface area contributed by atoms with Gasteiger partial charge < -0.3 is 9.47 Å². The fourth-order valence-corrected chi connectivity index (χ4v) is 1.98. The predicted molar refractivity (Wildman–Crippen MR) is 64.2 cm³/mol. The SMILES string of the molecule is COCCOCCC(Cc1nccs1)NN. The Kier molecular flexibility index (Phi) is 7.28. The minimum atomic E-state index is 0.216. The molecule has 0 saturated carbocycles. The molecule has 1 atom stereocenters. The summed E-state index contributed by atoms with van der Waals surface area (Å²) in [5, 5.41) is 3.07. The smallest absolute Gasteiger partial charge is 0.0940 e. The van der Waals surface area contributed by atoms with Gasteiger partial charge in [-0.25, -0.2) is 4.98 Å². The van der Waals surface area contributed by atoms with Gasteiger partial charge in [0.05, 0.1) is 18.2 Å². The molecular weight excluding hydrogens is 226 g/mol. The summed E-state index contributed by atoms with van der Waals surface area (Å²) in [6, 6.07) is 0.216. The zero-order chi connectivity index (χ0) is 11.6. The molecule has 1 heterocycles. The Morgan fingerprint density at radius 3 is 3.00 bits per heavy atom. The normalized spacial score (nSPS) is 12.9. The van der Waals surface area contributed by atoms with E-state index in [2.05, 4.69) is 10.4 Å². The monoisotopic (exact) mass is 245 g/mol. The molecule has 0 fully saturated rings. The van der Waals surface area contributed by atoms with E-state index in [0.717, 1.165) is 17.8 Å². The van der Waals surface area contributed by atoms with Gasteiger partial charge in [0.25, 0.3) is 0 Å². The Morgan fingerprint density at radius 2 is 2.38 bits per heavy atom. The third kappa shape index (κ3) is 5.53. The second-order valence-electron chi connectivity index (χ2n) is 3.39. The van der Waals surface area contributed by atoms with Crippen LogP contribution in [-0.4, -0.2) is 38.0 Å². The molecule has 0 aliphatic carbocycles. The van der Waals surface area contributed by atoms with Crippen molar-refractivity contribution in [3.05, 3.63) is 16.6 Å². The first-order valence-corrected chi connectivity index (χ1v) is 6.16. The highest BCUT2D eigenvalue weighted by molar-refractivity contribution is 7.09. The number of hydrogen-bond donors (Lipinski definition) is 2. The Bertz CT molecular complexity index is 257. The van der Waals surface area contributed by atoms with Crippen LogP contribution in [0, 0.1) is 0 Å². The number of nitrogens with two attached hydrogens (primary N) is 1. The summed E-state index contributed by atoms with van der Waals surface area (Å²) in [5.74, 6) is 5.48. The average Bonchev–Trinajstić information content (AvgIpc) is 2.80. The second-order valence-corrected chi connectivity index (χ2v) is 4.37. The minimum Gasteiger partial charge on any atom is -0.382 e. The van der Waals surface area contributed by atoms with Crippen molar-refractivity contribution in [1.29, 1.82) is 0 Å². The Hall–Kier alpha value is -0.530. The van der Waals surface area contributed by atoms with Crippen molar-refractivity contribution < 1.29 is 9.47 Å². The fourth-order valence-electron chi connectivity index (χ4n) is 1.28. The Morgan fingerprint density at radius 1 is 1.50 bits per heavy atom. The van der Waals surface area contributed by atoms with Crippen LogP contribution in [0.4, 0.5) is 0 Å². The van der Waals surface area contributed by atoms with E-state index >= 15 is 0 Å². The lowest BCUT2D eigenvalue weighted by molar-refractivity contribution is 0.0658. The van der Waals surface area contributed by atoms with Gasteiger partial charge >= 0.3 is 0 Å². The van der Waals surface area contributed by atoms with Crippen molar-refractivity contribution in [3.8, 4) is 0 Å². The van der Waals surface area contributed by atoms with E-state index in [1.54, 1.807) is 18.4 Å². The highest BCUT2D eigenvalue weighted by Crippen LogP contribution is 2.08. The van der Waals surface area contributed by atoms with Crippen LogP contribution >= 0.6 is 11.3 Å². The third-order valence-corrected chi connectivity index (χ3v) is 2.98. The van der Waals surface area contributed by atoms with E-state index in [4.69, 9.17) is 15.3 Å². The molecule has 5 nitrogen and oxygen atoms in total. The van der Waals surface area contributed by atoms with E-state index in [1.165, 1.54) is 0 Å². The van der Waals surface area contributed by atoms with Gasteiger partial charge in [-0.15, -0.1) is 11.3 Å². The third-order valence-electron chi connectivity index (χ3n) is 2.18. The number of hydrogen-bond acceptors (Lipinski definition) is 6. The maximum atomic E-state index is 5.48. The number of rotatable bonds is 9. The summed E-state index contributed by atoms with van der Waals surface area (Å²) in [7, 11) is 1.66. The van der Waals surface area contributed by atoms with Crippen molar-refractivity contribution in [2.24, 2.45) is 5.84 Å². The molecule has 0 bridgehead atoms. The summed E-state index contributed by atoms with van der Waals surface area (Å²) in [6.45, 7) is 1.95. The van der Waals surface area contributed by atoms with Crippen LogP contribution in [0.15, 0.2) is 11.6 Å². The zero-order valence-electron chi connectivity index (χ0n) is 9.52. The number of nitrogens with one attached hydrogen (secondary N) is 1. The zero-order valence-corrected chi connectivity index (χ0v) is 10.3. The van der Waals surface area contributed by atoms with Crippen molar-refractivity contribution >= 4 is 11.3 Å². The molecule has 0 aliphatic rings. The highest BCUT2D eigenvalue weighted by Gasteiger charge is 2.09. The molecule has 16 heavy (non-hydrogen) atoms. The van der Waals surface area contributed by atoms with Gasteiger partial charge in [-0.2, -0.15) is 0 Å². The van der Waals surface area contributed by atoms with E-state index in [1.807, 2.05) is 11.6 Å². The average molecular weight is 245 g/mol. The number of thiazole rings is 1. The van der Waals surface area contributed by atoms with Crippen LogP contribution < -0.4 is 11.3 Å². The minimum absolute atomic E-state index is 0.216. The van der Waals surface area contributed by atoms with Crippen LogP contribution in [-0.2, 0) is 15.9 Å². The molecule has 3 N–H and O–H groups in total. The molecule has 1 unspecified atom stereocenters. The van der Waals surface area contributed by atoms with E-state index in [9.17, 15) is 0 Å². The summed E-state index contributed by atoms with van der Waals surface area (Å²) < 4.78 is 10.3. The molecule has 1 rings (SSSR count). The second kappa shape index (κ2) is 8.60. The van der Waals surface area contributed by atoms with Crippen molar-refractivity contribution in [3.63, 3.8) is 0 Å². The van der Waals surface area contributed by atoms with Crippen LogP contribution in [0.5, 0.6) is 0 Å². The highest BCUT2D eigenvalue weighted by atomic mass is 32.1. The molecule has 1 aromatic heterocycles. The first-order valence-electron chi connectivity index (χ1n) is 5.28. The van der Waals surface area contributed by atoms with Crippen molar-refractivity contribution in [2.75, 3.05) is 26.9 Å². The lowest BCUT2D eigenvalue weighted by Gasteiger charge is -2.14. The van der Waals surface area contributed by atoms with Crippen molar-refractivity contribution in [2.45, 2.75) is 18.9 Å². The largest absolute Gasteiger partial charge is 0.382 e. The standard InChI is InChI=1S/C10H19N3O2S/c1-14-5-6-15-4-2-9(13-11)8-10-12-3-7-16-10/h3,7,9,13H,2,4-6,8,11H2,1H3. The number of nitrogens with zero attached hydrogens (tertiary/aromatic N) is 1. The topological polar surface area (TPSA) is 69.4 Å².